The second kappa shape index (κ2) is 5.42. The highest BCUT2D eigenvalue weighted by Gasteiger charge is 2.63. The number of hydrogen-bond donors (Lipinski definition) is 2. The Kier molecular flexibility index (Phi) is 4.15. The van der Waals surface area contributed by atoms with E-state index in [1.165, 1.54) is 12.1 Å². The smallest absolute Gasteiger partial charge is 0.443 e. The number of ether oxygens (including phenoxy) is 1. The lowest BCUT2D eigenvalue weighted by molar-refractivity contribution is -0.235. The Balaban J connectivity index is 2.61. The lowest BCUT2D eigenvalue weighted by atomic mass is 9.84. The van der Waals surface area contributed by atoms with Gasteiger partial charge in [-0.25, -0.2) is 4.79 Å². The van der Waals surface area contributed by atoms with Crippen molar-refractivity contribution in [3.63, 3.8) is 0 Å². The second-order valence-corrected chi connectivity index (χ2v) is 6.29. The van der Waals surface area contributed by atoms with Crippen molar-refractivity contribution in [2.75, 3.05) is 6.61 Å². The van der Waals surface area contributed by atoms with Crippen LogP contribution in [0.5, 0.6) is 5.75 Å². The Bertz CT molecular complexity index is 682. The number of alkyl halides is 3. The van der Waals surface area contributed by atoms with Gasteiger partial charge in [-0.05, 0) is 23.8 Å². The van der Waals surface area contributed by atoms with Crippen LogP contribution < -0.4 is 4.74 Å². The first kappa shape index (κ1) is 17.6. The van der Waals surface area contributed by atoms with Crippen LogP contribution >= 0.6 is 11.6 Å². The van der Waals surface area contributed by atoms with Gasteiger partial charge in [-0.15, -0.1) is 0 Å². The fourth-order valence-corrected chi connectivity index (χ4v) is 2.62. The Labute approximate surface area is 135 Å². The highest BCUT2D eigenvalue weighted by Crippen LogP contribution is 2.44. The van der Waals surface area contributed by atoms with Gasteiger partial charge < -0.3 is 14.9 Å². The highest BCUT2D eigenvalue weighted by atomic mass is 35.5. The molecule has 0 aromatic heterocycles. The third-order valence-corrected chi connectivity index (χ3v) is 4.04. The van der Waals surface area contributed by atoms with E-state index in [9.17, 15) is 23.1 Å². The van der Waals surface area contributed by atoms with E-state index >= 15 is 0 Å². The molecule has 8 heteroatoms. The molecule has 0 amide bonds. The summed E-state index contributed by atoms with van der Waals surface area (Å²) < 4.78 is 44.4. The van der Waals surface area contributed by atoms with Crippen LogP contribution in [0.25, 0.3) is 6.08 Å². The molecule has 23 heavy (non-hydrogen) atoms. The zero-order valence-electron chi connectivity index (χ0n) is 12.2. The normalized spacial score (nSPS) is 20.8. The number of halogens is 4. The Morgan fingerprint density at radius 3 is 2.43 bits per heavy atom. The van der Waals surface area contributed by atoms with Crippen molar-refractivity contribution < 1.29 is 32.9 Å². The van der Waals surface area contributed by atoms with Gasteiger partial charge in [0.15, 0.2) is 0 Å². The average Bonchev–Trinajstić information content (AvgIpc) is 2.44. The molecule has 4 nitrogen and oxygen atoms in total. The minimum Gasteiger partial charge on any atom is -0.478 e. The summed E-state index contributed by atoms with van der Waals surface area (Å²) in [6.45, 7) is 2.99. The molecule has 1 aromatic rings. The molecule has 0 bridgehead atoms. The average molecular weight is 351 g/mol. The van der Waals surface area contributed by atoms with Crippen LogP contribution in [0.2, 0.25) is 5.02 Å². The van der Waals surface area contributed by atoms with Crippen molar-refractivity contribution in [1.29, 1.82) is 0 Å². The van der Waals surface area contributed by atoms with Crippen LogP contribution in [-0.4, -0.2) is 34.6 Å². The summed E-state index contributed by atoms with van der Waals surface area (Å²) in [6.07, 6.45) is -3.67. The minimum absolute atomic E-state index is 0.230. The molecule has 0 saturated carbocycles. The van der Waals surface area contributed by atoms with Crippen molar-refractivity contribution in [2.45, 2.75) is 31.0 Å². The highest BCUT2D eigenvalue weighted by molar-refractivity contribution is 6.31. The maximum Gasteiger partial charge on any atom is 0.443 e. The molecule has 0 radical (unpaired) electrons. The van der Waals surface area contributed by atoms with Crippen molar-refractivity contribution in [3.8, 4) is 5.75 Å². The van der Waals surface area contributed by atoms with E-state index in [4.69, 9.17) is 21.4 Å². The molecule has 0 fully saturated rings. The monoisotopic (exact) mass is 350 g/mol. The molecule has 0 saturated heterocycles. The maximum atomic E-state index is 13.2. The first-order valence-electron chi connectivity index (χ1n) is 6.58. The van der Waals surface area contributed by atoms with E-state index in [2.05, 4.69) is 0 Å². The Morgan fingerprint density at radius 1 is 1.35 bits per heavy atom. The van der Waals surface area contributed by atoms with Gasteiger partial charge in [0.05, 0.1) is 6.61 Å². The van der Waals surface area contributed by atoms with Crippen LogP contribution in [0.4, 0.5) is 13.2 Å². The van der Waals surface area contributed by atoms with Crippen LogP contribution in [-0.2, 0) is 10.2 Å². The molecule has 0 unspecified atom stereocenters. The zero-order chi connectivity index (χ0) is 17.6. The maximum absolute atomic E-state index is 13.2. The van der Waals surface area contributed by atoms with E-state index in [1.54, 1.807) is 13.8 Å². The number of rotatable bonds is 3. The molecule has 1 atom stereocenters. The fraction of sp³-hybridized carbons (Fsp3) is 0.400. The number of benzene rings is 1. The second-order valence-electron chi connectivity index (χ2n) is 5.89. The topological polar surface area (TPSA) is 66.8 Å². The summed E-state index contributed by atoms with van der Waals surface area (Å²) in [5.41, 5.74) is -3.69. The lowest BCUT2D eigenvalue weighted by Gasteiger charge is -2.34. The van der Waals surface area contributed by atoms with Crippen molar-refractivity contribution >= 4 is 23.6 Å². The minimum atomic E-state index is -5.14. The molecule has 2 N–H and O–H groups in total. The van der Waals surface area contributed by atoms with E-state index in [0.717, 1.165) is 6.08 Å². The van der Waals surface area contributed by atoms with Gasteiger partial charge in [0, 0.05) is 16.0 Å². The molecule has 0 aliphatic carbocycles. The van der Waals surface area contributed by atoms with Gasteiger partial charge in [0.2, 0.25) is 0 Å². The number of aliphatic hydroxyl groups is 1. The zero-order valence-corrected chi connectivity index (χ0v) is 13.0. The van der Waals surface area contributed by atoms with Crippen LogP contribution in [0.3, 0.4) is 0 Å². The summed E-state index contributed by atoms with van der Waals surface area (Å²) in [4.78, 5) is 11.2. The predicted octanol–water partition coefficient (Wildman–Crippen LogP) is 3.40. The Hall–Kier alpha value is -1.73. The van der Waals surface area contributed by atoms with Crippen molar-refractivity contribution in [1.82, 2.24) is 0 Å². The number of aliphatic hydroxyl groups excluding tert-OH is 1. The molecule has 1 aromatic carbocycles. The van der Waals surface area contributed by atoms with Crippen LogP contribution in [0.1, 0.15) is 25.0 Å². The third kappa shape index (κ3) is 2.79. The number of carboxylic acid groups (broad SMARTS) is 1. The summed E-state index contributed by atoms with van der Waals surface area (Å²) in [5, 5.41) is 18.7. The van der Waals surface area contributed by atoms with Crippen LogP contribution in [0.15, 0.2) is 18.2 Å². The first-order chi connectivity index (χ1) is 10.4. The number of fused-ring (bicyclic) bond motifs is 1. The largest absolute Gasteiger partial charge is 0.478 e. The fourth-order valence-electron chi connectivity index (χ4n) is 2.19. The number of aliphatic carboxylic acids is 1. The predicted molar refractivity (Wildman–Crippen MR) is 77.6 cm³/mol. The number of carbonyl (C=O) groups is 1. The molecule has 1 aliphatic rings. The summed E-state index contributed by atoms with van der Waals surface area (Å²) in [5.74, 6) is -2.42. The van der Waals surface area contributed by atoms with Gasteiger partial charge in [0.25, 0.3) is 0 Å². The van der Waals surface area contributed by atoms with Crippen LogP contribution in [0, 0.1) is 0 Å². The number of hydrogen-bond acceptors (Lipinski definition) is 3. The molecule has 0 spiro atoms. The van der Waals surface area contributed by atoms with E-state index in [0.29, 0.717) is 11.6 Å². The Morgan fingerprint density at radius 2 is 1.96 bits per heavy atom. The molecule has 126 valence electrons. The van der Waals surface area contributed by atoms with Gasteiger partial charge in [0.1, 0.15) is 5.75 Å². The standard InChI is InChI=1S/C15H14ClF3O4/c1-13(2,7-20)9-6-11-8(5-10(9)16)3-4-14(23-11,12(21)22)15(17,18)19/h3-6,20H,7H2,1-2H3,(H,21,22)/t14-/m1/s1. The summed E-state index contributed by atoms with van der Waals surface area (Å²) in [6, 6.07) is 2.61. The van der Waals surface area contributed by atoms with E-state index in [-0.39, 0.29) is 22.9 Å². The number of carboxylic acids is 1. The quantitative estimate of drug-likeness (QED) is 0.876. The van der Waals surface area contributed by atoms with E-state index < -0.39 is 23.2 Å². The van der Waals surface area contributed by atoms with Gasteiger partial charge in [-0.1, -0.05) is 31.5 Å². The summed E-state index contributed by atoms with van der Waals surface area (Å²) >= 11 is 6.11. The molecule has 1 aliphatic heterocycles. The summed E-state index contributed by atoms with van der Waals surface area (Å²) in [7, 11) is 0. The molecular weight excluding hydrogens is 337 g/mol. The van der Waals surface area contributed by atoms with E-state index in [1.807, 2.05) is 0 Å². The third-order valence-electron chi connectivity index (χ3n) is 3.73. The van der Waals surface area contributed by atoms with Gasteiger partial charge in [-0.3, -0.25) is 0 Å². The van der Waals surface area contributed by atoms with Gasteiger partial charge >= 0.3 is 17.7 Å². The van der Waals surface area contributed by atoms with Crippen molar-refractivity contribution in [2.24, 2.45) is 0 Å². The first-order valence-corrected chi connectivity index (χ1v) is 6.96. The molecule has 1 heterocycles. The van der Waals surface area contributed by atoms with Gasteiger partial charge in [-0.2, -0.15) is 13.2 Å². The lowest BCUT2D eigenvalue weighted by Crippen LogP contribution is -2.56. The molecular formula is C15H14ClF3O4. The van der Waals surface area contributed by atoms with Crippen molar-refractivity contribution in [3.05, 3.63) is 34.4 Å². The molecule has 2 rings (SSSR count). The SMILES string of the molecule is CC(C)(CO)c1cc2c(cc1Cl)C=C[C@@](C(=O)O)(C(F)(F)F)O2.